The molecule has 0 aromatic heterocycles. The lowest BCUT2D eigenvalue weighted by Gasteiger charge is -2.39. The van der Waals surface area contributed by atoms with Crippen LogP contribution in [0.3, 0.4) is 0 Å². The van der Waals surface area contributed by atoms with Gasteiger partial charge in [0.05, 0.1) is 24.5 Å². The molecular weight excluding hydrogens is 246 g/mol. The summed E-state index contributed by atoms with van der Waals surface area (Å²) in [5.41, 5.74) is 0. The second-order valence-corrected chi connectivity index (χ2v) is 5.70. The Hall–Kier alpha value is -1.10. The quantitative estimate of drug-likeness (QED) is 0.808. The number of carbonyl (C=O) groups excluding carboxylic acids is 1. The summed E-state index contributed by atoms with van der Waals surface area (Å²) in [5.74, 6) is -1.83. The number of hydrogen-bond donors (Lipinski definition) is 2. The van der Waals surface area contributed by atoms with Crippen molar-refractivity contribution in [1.82, 2.24) is 4.90 Å². The summed E-state index contributed by atoms with van der Waals surface area (Å²) in [7, 11) is 0. The molecule has 5 nitrogen and oxygen atoms in total. The van der Waals surface area contributed by atoms with Crippen LogP contribution in [0.1, 0.15) is 44.9 Å². The van der Waals surface area contributed by atoms with Gasteiger partial charge in [-0.3, -0.25) is 9.59 Å². The fourth-order valence-corrected chi connectivity index (χ4v) is 3.42. The molecular formula is C14H23NO4. The first-order valence-electron chi connectivity index (χ1n) is 7.29. The van der Waals surface area contributed by atoms with E-state index in [4.69, 9.17) is 0 Å². The van der Waals surface area contributed by atoms with E-state index in [1.807, 2.05) is 0 Å². The van der Waals surface area contributed by atoms with Gasteiger partial charge in [0.25, 0.3) is 0 Å². The van der Waals surface area contributed by atoms with Gasteiger partial charge in [0.15, 0.2) is 0 Å². The predicted molar refractivity (Wildman–Crippen MR) is 69.5 cm³/mol. The van der Waals surface area contributed by atoms with Gasteiger partial charge in [-0.15, -0.1) is 0 Å². The molecule has 5 heteroatoms. The molecule has 2 aliphatic rings. The van der Waals surface area contributed by atoms with Crippen LogP contribution in [-0.2, 0) is 9.59 Å². The van der Waals surface area contributed by atoms with Crippen LogP contribution in [0.4, 0.5) is 0 Å². The normalized spacial score (nSPS) is 32.1. The van der Waals surface area contributed by atoms with Crippen molar-refractivity contribution in [3.05, 3.63) is 0 Å². The maximum atomic E-state index is 12.6. The van der Waals surface area contributed by atoms with E-state index in [0.29, 0.717) is 19.4 Å². The lowest BCUT2D eigenvalue weighted by atomic mass is 9.78. The third-order valence-electron chi connectivity index (χ3n) is 4.52. The monoisotopic (exact) mass is 269 g/mol. The number of piperidine rings is 1. The topological polar surface area (TPSA) is 77.8 Å². The van der Waals surface area contributed by atoms with Crippen LogP contribution in [0.15, 0.2) is 0 Å². The van der Waals surface area contributed by atoms with Crippen molar-refractivity contribution in [2.24, 2.45) is 11.8 Å². The fourth-order valence-electron chi connectivity index (χ4n) is 3.42. The molecule has 1 aliphatic heterocycles. The van der Waals surface area contributed by atoms with E-state index < -0.39 is 17.8 Å². The second-order valence-electron chi connectivity index (χ2n) is 5.70. The van der Waals surface area contributed by atoms with Crippen molar-refractivity contribution in [2.75, 3.05) is 13.2 Å². The van der Waals surface area contributed by atoms with E-state index in [2.05, 4.69) is 0 Å². The van der Waals surface area contributed by atoms with Crippen LogP contribution in [0.2, 0.25) is 0 Å². The summed E-state index contributed by atoms with van der Waals surface area (Å²) in [4.78, 5) is 25.6. The molecule has 0 bridgehead atoms. The molecule has 108 valence electrons. The van der Waals surface area contributed by atoms with Gasteiger partial charge in [0, 0.05) is 6.54 Å². The standard InChI is InChI=1S/C14H23NO4/c16-9-10-5-3-4-8-15(10)13(17)11-6-1-2-7-12(11)14(18)19/h10-12,16H,1-9H2,(H,18,19)/t10?,11-,12+/m1/s1. The van der Waals surface area contributed by atoms with E-state index in [1.165, 1.54) is 0 Å². The smallest absolute Gasteiger partial charge is 0.307 e. The minimum Gasteiger partial charge on any atom is -0.481 e. The molecule has 1 amide bonds. The number of amides is 1. The van der Waals surface area contributed by atoms with Crippen molar-refractivity contribution in [3.63, 3.8) is 0 Å². The molecule has 1 saturated carbocycles. The Morgan fingerprint density at radius 3 is 2.26 bits per heavy atom. The first kappa shape index (κ1) is 14.3. The van der Waals surface area contributed by atoms with Gasteiger partial charge in [-0.2, -0.15) is 0 Å². The minimum absolute atomic E-state index is 0.0177. The number of carboxylic acids is 1. The van der Waals surface area contributed by atoms with Gasteiger partial charge in [-0.05, 0) is 32.1 Å². The first-order chi connectivity index (χ1) is 9.15. The SMILES string of the molecule is O=C(O)[C@H]1CCCC[C@H]1C(=O)N1CCCCC1CO. The van der Waals surface area contributed by atoms with Crippen LogP contribution in [0.25, 0.3) is 0 Å². The van der Waals surface area contributed by atoms with Crippen molar-refractivity contribution < 1.29 is 19.8 Å². The molecule has 3 atom stereocenters. The Balaban J connectivity index is 2.09. The number of aliphatic hydroxyl groups is 1. The van der Waals surface area contributed by atoms with E-state index in [-0.39, 0.29) is 18.6 Å². The average molecular weight is 269 g/mol. The van der Waals surface area contributed by atoms with E-state index in [9.17, 15) is 19.8 Å². The molecule has 0 spiro atoms. The fraction of sp³-hybridized carbons (Fsp3) is 0.857. The summed E-state index contributed by atoms with van der Waals surface area (Å²) in [6.07, 6.45) is 5.90. The number of nitrogens with zero attached hydrogens (tertiary/aromatic N) is 1. The molecule has 2 N–H and O–H groups in total. The number of aliphatic carboxylic acids is 1. The largest absolute Gasteiger partial charge is 0.481 e. The van der Waals surface area contributed by atoms with Crippen LogP contribution in [0.5, 0.6) is 0 Å². The van der Waals surface area contributed by atoms with E-state index in [0.717, 1.165) is 32.1 Å². The van der Waals surface area contributed by atoms with Crippen molar-refractivity contribution in [3.8, 4) is 0 Å². The van der Waals surface area contributed by atoms with E-state index >= 15 is 0 Å². The third kappa shape index (κ3) is 3.08. The Morgan fingerprint density at radius 2 is 1.63 bits per heavy atom. The predicted octanol–water partition coefficient (Wildman–Crippen LogP) is 1.25. The number of aliphatic hydroxyl groups excluding tert-OH is 1. The van der Waals surface area contributed by atoms with Crippen LogP contribution in [-0.4, -0.2) is 46.2 Å². The Kier molecular flexibility index (Phi) is 4.80. The first-order valence-corrected chi connectivity index (χ1v) is 7.29. The number of rotatable bonds is 3. The molecule has 0 aromatic rings. The van der Waals surface area contributed by atoms with Crippen LogP contribution < -0.4 is 0 Å². The number of hydrogen-bond acceptors (Lipinski definition) is 3. The summed E-state index contributed by atoms with van der Waals surface area (Å²) < 4.78 is 0. The van der Waals surface area contributed by atoms with Crippen molar-refractivity contribution in [2.45, 2.75) is 51.0 Å². The highest BCUT2D eigenvalue weighted by atomic mass is 16.4. The Bertz CT molecular complexity index is 344. The van der Waals surface area contributed by atoms with Crippen molar-refractivity contribution in [1.29, 1.82) is 0 Å². The highest BCUT2D eigenvalue weighted by Crippen LogP contribution is 2.33. The van der Waals surface area contributed by atoms with Crippen LogP contribution >= 0.6 is 0 Å². The molecule has 1 unspecified atom stereocenters. The van der Waals surface area contributed by atoms with Gasteiger partial charge in [-0.25, -0.2) is 0 Å². The lowest BCUT2D eigenvalue weighted by molar-refractivity contribution is -0.154. The maximum absolute atomic E-state index is 12.6. The molecule has 1 aliphatic carbocycles. The molecule has 1 heterocycles. The highest BCUT2D eigenvalue weighted by Gasteiger charge is 2.39. The zero-order valence-corrected chi connectivity index (χ0v) is 11.3. The zero-order chi connectivity index (χ0) is 13.8. The van der Waals surface area contributed by atoms with Gasteiger partial charge < -0.3 is 15.1 Å². The summed E-state index contributed by atoms with van der Waals surface area (Å²) >= 11 is 0. The third-order valence-corrected chi connectivity index (χ3v) is 4.52. The van der Waals surface area contributed by atoms with Gasteiger partial charge in [0.1, 0.15) is 0 Å². The Morgan fingerprint density at radius 1 is 1.00 bits per heavy atom. The molecule has 1 saturated heterocycles. The molecule has 19 heavy (non-hydrogen) atoms. The highest BCUT2D eigenvalue weighted by molar-refractivity contribution is 5.85. The van der Waals surface area contributed by atoms with Gasteiger partial charge in [0.2, 0.25) is 5.91 Å². The van der Waals surface area contributed by atoms with Gasteiger partial charge in [-0.1, -0.05) is 12.8 Å². The molecule has 2 fully saturated rings. The lowest BCUT2D eigenvalue weighted by Crippen LogP contribution is -2.50. The van der Waals surface area contributed by atoms with Crippen molar-refractivity contribution >= 4 is 11.9 Å². The molecule has 2 rings (SSSR count). The average Bonchev–Trinajstić information content (AvgIpc) is 2.46. The zero-order valence-electron chi connectivity index (χ0n) is 11.3. The molecule has 0 radical (unpaired) electrons. The second kappa shape index (κ2) is 6.37. The number of carboxylic acid groups (broad SMARTS) is 1. The maximum Gasteiger partial charge on any atom is 0.307 e. The summed E-state index contributed by atoms with van der Waals surface area (Å²) in [5, 5.41) is 18.6. The van der Waals surface area contributed by atoms with Crippen LogP contribution in [0, 0.1) is 11.8 Å². The van der Waals surface area contributed by atoms with Gasteiger partial charge >= 0.3 is 5.97 Å². The minimum atomic E-state index is -0.851. The van der Waals surface area contributed by atoms with E-state index in [1.54, 1.807) is 4.90 Å². The number of likely N-dealkylation sites (tertiary alicyclic amines) is 1. The Labute approximate surface area is 113 Å². The summed E-state index contributed by atoms with van der Waals surface area (Å²) in [6, 6.07) is -0.113. The molecule has 0 aromatic carbocycles. The summed E-state index contributed by atoms with van der Waals surface area (Å²) in [6.45, 7) is 0.642. The number of carbonyl (C=O) groups is 2.